The summed E-state index contributed by atoms with van der Waals surface area (Å²) in [6.45, 7) is 0. The normalized spacial score (nSPS) is 14.0. The molecule has 0 heterocycles. The Hall–Kier alpha value is -3.45. The first-order valence-electron chi connectivity index (χ1n) is 8.82. The Morgan fingerprint density at radius 3 is 2.44 bits per heavy atom. The van der Waals surface area contributed by atoms with Gasteiger partial charge >= 0.3 is 6.09 Å². The molecule has 1 aliphatic rings. The number of carbonyl (C=O) groups is 1. The summed E-state index contributed by atoms with van der Waals surface area (Å²) in [6.07, 6.45) is 1.18. The van der Waals surface area contributed by atoms with Crippen molar-refractivity contribution in [2.75, 3.05) is 7.11 Å². The van der Waals surface area contributed by atoms with Crippen molar-refractivity contribution in [3.8, 4) is 23.3 Å². The van der Waals surface area contributed by atoms with Gasteiger partial charge in [0.05, 0.1) is 7.11 Å². The molecule has 4 nitrogen and oxygen atoms in total. The zero-order valence-electron chi connectivity index (χ0n) is 15.0. The van der Waals surface area contributed by atoms with Crippen LogP contribution in [0.1, 0.15) is 18.4 Å². The van der Waals surface area contributed by atoms with E-state index >= 15 is 0 Å². The van der Waals surface area contributed by atoms with E-state index in [2.05, 4.69) is 17.2 Å². The highest BCUT2D eigenvalue weighted by molar-refractivity contribution is 5.85. The third-order valence-corrected chi connectivity index (χ3v) is 4.54. The molecule has 1 fully saturated rings. The maximum absolute atomic E-state index is 12.1. The van der Waals surface area contributed by atoms with E-state index in [0.29, 0.717) is 5.75 Å². The summed E-state index contributed by atoms with van der Waals surface area (Å²) in [4.78, 5) is 12.1. The van der Waals surface area contributed by atoms with Crippen molar-refractivity contribution in [3.63, 3.8) is 0 Å². The first-order valence-corrected chi connectivity index (χ1v) is 8.82. The summed E-state index contributed by atoms with van der Waals surface area (Å²) < 4.78 is 10.5. The minimum atomic E-state index is -0.485. The molecule has 0 spiro atoms. The van der Waals surface area contributed by atoms with E-state index in [1.165, 1.54) is 0 Å². The third kappa shape index (κ3) is 4.04. The van der Waals surface area contributed by atoms with E-state index in [1.54, 1.807) is 19.2 Å². The van der Waals surface area contributed by atoms with Crippen LogP contribution < -0.4 is 14.8 Å². The molecule has 0 atom stereocenters. The lowest BCUT2D eigenvalue weighted by Crippen LogP contribution is -2.37. The van der Waals surface area contributed by atoms with Crippen LogP contribution in [-0.2, 0) is 0 Å². The van der Waals surface area contributed by atoms with Crippen LogP contribution in [0, 0.1) is 11.8 Å². The summed E-state index contributed by atoms with van der Waals surface area (Å²) >= 11 is 0. The average Bonchev–Trinajstić information content (AvgIpc) is 3.46. The van der Waals surface area contributed by atoms with Crippen LogP contribution in [0.3, 0.4) is 0 Å². The Morgan fingerprint density at radius 1 is 0.963 bits per heavy atom. The molecule has 134 valence electrons. The number of benzene rings is 3. The van der Waals surface area contributed by atoms with Gasteiger partial charge in [-0.2, -0.15) is 0 Å². The molecule has 4 rings (SSSR count). The number of hydrogen-bond acceptors (Lipinski definition) is 3. The van der Waals surface area contributed by atoms with Gasteiger partial charge in [0.15, 0.2) is 0 Å². The van der Waals surface area contributed by atoms with Crippen molar-refractivity contribution >= 4 is 16.9 Å². The molecule has 1 N–H and O–H groups in total. The van der Waals surface area contributed by atoms with Crippen LogP contribution in [-0.4, -0.2) is 18.7 Å². The Morgan fingerprint density at radius 2 is 1.70 bits per heavy atom. The number of amides is 1. The van der Waals surface area contributed by atoms with Gasteiger partial charge in [0.25, 0.3) is 0 Å². The third-order valence-electron chi connectivity index (χ3n) is 4.54. The number of carbonyl (C=O) groups excluding carboxylic acids is 1. The monoisotopic (exact) mass is 357 g/mol. The van der Waals surface area contributed by atoms with Crippen molar-refractivity contribution in [2.45, 2.75) is 18.4 Å². The number of methoxy groups -OCH3 is 1. The maximum Gasteiger partial charge on any atom is 0.413 e. The van der Waals surface area contributed by atoms with E-state index < -0.39 is 11.6 Å². The smallest absolute Gasteiger partial charge is 0.413 e. The second kappa shape index (κ2) is 7.05. The first kappa shape index (κ1) is 17.0. The molecule has 1 saturated carbocycles. The number of fused-ring (bicyclic) bond motifs is 1. The maximum atomic E-state index is 12.1. The van der Waals surface area contributed by atoms with Crippen LogP contribution in [0.15, 0.2) is 66.7 Å². The van der Waals surface area contributed by atoms with E-state index in [1.807, 2.05) is 54.6 Å². The Kier molecular flexibility index (Phi) is 4.43. The van der Waals surface area contributed by atoms with Gasteiger partial charge in [-0.1, -0.05) is 42.2 Å². The quantitative estimate of drug-likeness (QED) is 0.701. The second-order valence-electron chi connectivity index (χ2n) is 6.59. The predicted octanol–water partition coefficient (Wildman–Crippen LogP) is 4.52. The standard InChI is InChI=1S/C23H19NO3/c1-26-21-10-9-18-15-17(7-8-19(18)16-21)11-12-23(13-14-23)24-22(25)27-20-5-3-2-4-6-20/h2-10,15-16H,13-14H2,1H3,(H,24,25). The topological polar surface area (TPSA) is 47.6 Å². The van der Waals surface area contributed by atoms with Gasteiger partial charge in [-0.05, 0) is 60.0 Å². The highest BCUT2D eigenvalue weighted by Crippen LogP contribution is 2.35. The van der Waals surface area contributed by atoms with Crippen LogP contribution in [0.4, 0.5) is 4.79 Å². The zero-order chi connectivity index (χ0) is 18.7. The second-order valence-corrected chi connectivity index (χ2v) is 6.59. The summed E-state index contributed by atoms with van der Waals surface area (Å²) in [5.74, 6) is 7.74. The van der Waals surface area contributed by atoms with Gasteiger partial charge in [0.1, 0.15) is 17.0 Å². The van der Waals surface area contributed by atoms with Crippen molar-refractivity contribution in [3.05, 3.63) is 72.3 Å². The highest BCUT2D eigenvalue weighted by Gasteiger charge is 2.43. The van der Waals surface area contributed by atoms with E-state index in [0.717, 1.165) is 34.9 Å². The van der Waals surface area contributed by atoms with Crippen LogP contribution >= 0.6 is 0 Å². The van der Waals surface area contributed by atoms with Crippen LogP contribution in [0.25, 0.3) is 10.8 Å². The van der Waals surface area contributed by atoms with Crippen LogP contribution in [0.5, 0.6) is 11.5 Å². The van der Waals surface area contributed by atoms with Gasteiger partial charge in [-0.25, -0.2) is 4.79 Å². The molecule has 1 amide bonds. The van der Waals surface area contributed by atoms with Gasteiger partial charge in [-0.3, -0.25) is 0 Å². The van der Waals surface area contributed by atoms with Crippen molar-refractivity contribution < 1.29 is 14.3 Å². The lowest BCUT2D eigenvalue weighted by molar-refractivity contribution is 0.197. The van der Waals surface area contributed by atoms with Gasteiger partial charge < -0.3 is 14.8 Å². The number of nitrogens with one attached hydrogen (secondary N) is 1. The molecular weight excluding hydrogens is 338 g/mol. The number of ether oxygens (including phenoxy) is 2. The minimum absolute atomic E-state index is 0.474. The number of rotatable bonds is 3. The zero-order valence-corrected chi connectivity index (χ0v) is 15.0. The SMILES string of the molecule is COc1ccc2cc(C#CC3(NC(=O)Oc4ccccc4)CC3)ccc2c1. The Bertz CT molecular complexity index is 1040. The van der Waals surface area contributed by atoms with E-state index in [-0.39, 0.29) is 0 Å². The molecular formula is C23H19NO3. The molecule has 0 aromatic heterocycles. The molecule has 0 unspecified atom stereocenters. The molecule has 0 saturated heterocycles. The number of para-hydroxylation sites is 1. The summed E-state index contributed by atoms with van der Waals surface area (Å²) in [5, 5.41) is 5.09. The summed E-state index contributed by atoms with van der Waals surface area (Å²) in [6, 6.07) is 21.0. The fraction of sp³-hybridized carbons (Fsp3) is 0.174. The first-order chi connectivity index (χ1) is 13.2. The van der Waals surface area contributed by atoms with Crippen molar-refractivity contribution in [2.24, 2.45) is 0 Å². The molecule has 0 bridgehead atoms. The highest BCUT2D eigenvalue weighted by atomic mass is 16.6. The molecule has 0 aliphatic heterocycles. The fourth-order valence-electron chi connectivity index (χ4n) is 2.84. The molecule has 3 aromatic carbocycles. The minimum Gasteiger partial charge on any atom is -0.497 e. The summed E-state index contributed by atoms with van der Waals surface area (Å²) in [7, 11) is 1.66. The van der Waals surface area contributed by atoms with Gasteiger partial charge in [0, 0.05) is 5.56 Å². The van der Waals surface area contributed by atoms with Crippen molar-refractivity contribution in [1.82, 2.24) is 5.32 Å². The molecule has 27 heavy (non-hydrogen) atoms. The molecule has 0 radical (unpaired) electrons. The van der Waals surface area contributed by atoms with Crippen molar-refractivity contribution in [1.29, 1.82) is 0 Å². The van der Waals surface area contributed by atoms with E-state index in [9.17, 15) is 4.79 Å². The summed E-state index contributed by atoms with van der Waals surface area (Å²) in [5.41, 5.74) is 0.429. The Labute approximate surface area is 158 Å². The molecule has 4 heteroatoms. The van der Waals surface area contributed by atoms with Gasteiger partial charge in [0.2, 0.25) is 0 Å². The van der Waals surface area contributed by atoms with Crippen LogP contribution in [0.2, 0.25) is 0 Å². The lowest BCUT2D eigenvalue weighted by atomic mass is 10.1. The fourth-order valence-corrected chi connectivity index (χ4v) is 2.84. The Balaban J connectivity index is 1.46. The molecule has 1 aliphatic carbocycles. The lowest BCUT2D eigenvalue weighted by Gasteiger charge is -2.11. The largest absolute Gasteiger partial charge is 0.497 e. The average molecular weight is 357 g/mol. The molecule has 3 aromatic rings. The van der Waals surface area contributed by atoms with Gasteiger partial charge in [-0.15, -0.1) is 0 Å². The predicted molar refractivity (Wildman–Crippen MR) is 105 cm³/mol. The van der Waals surface area contributed by atoms with E-state index in [4.69, 9.17) is 9.47 Å². The number of hydrogen-bond donors (Lipinski definition) is 1.